The first-order valence-corrected chi connectivity index (χ1v) is 10.1. The van der Waals surface area contributed by atoms with E-state index in [1.165, 1.54) is 6.26 Å². The van der Waals surface area contributed by atoms with Gasteiger partial charge in [-0.25, -0.2) is 8.42 Å². The number of furan rings is 1. The summed E-state index contributed by atoms with van der Waals surface area (Å²) in [5.74, 6) is 0.767. The van der Waals surface area contributed by atoms with E-state index in [1.54, 1.807) is 21.9 Å². The molecule has 2 aliphatic heterocycles. The van der Waals surface area contributed by atoms with E-state index in [4.69, 9.17) is 4.42 Å². The van der Waals surface area contributed by atoms with Crippen LogP contribution in [0.15, 0.2) is 22.8 Å². The lowest BCUT2D eigenvalue weighted by molar-refractivity contribution is -0.133. The monoisotopic (exact) mass is 354 g/mol. The van der Waals surface area contributed by atoms with Crippen LogP contribution in [0, 0.1) is 5.92 Å². The molecule has 0 bridgehead atoms. The van der Waals surface area contributed by atoms with Crippen LogP contribution >= 0.6 is 0 Å². The van der Waals surface area contributed by atoms with E-state index >= 15 is 0 Å². The zero-order valence-corrected chi connectivity index (χ0v) is 14.3. The third-order valence-corrected chi connectivity index (χ3v) is 6.50. The van der Waals surface area contributed by atoms with Crippen molar-refractivity contribution >= 4 is 21.7 Å². The highest BCUT2D eigenvalue weighted by atomic mass is 32.2. The topological polar surface area (TPSA) is 87.9 Å². The molecule has 0 aliphatic carbocycles. The lowest BCUT2D eigenvalue weighted by atomic mass is 9.98. The Labute approximate surface area is 141 Å². The summed E-state index contributed by atoms with van der Waals surface area (Å²) in [5, 5.41) is 0. The molecule has 0 N–H and O–H groups in total. The van der Waals surface area contributed by atoms with Crippen molar-refractivity contribution in [3.05, 3.63) is 24.2 Å². The Morgan fingerprint density at radius 2 is 1.71 bits per heavy atom. The van der Waals surface area contributed by atoms with Crippen molar-refractivity contribution in [2.75, 3.05) is 37.7 Å². The largest absolute Gasteiger partial charge is 0.459 e. The van der Waals surface area contributed by atoms with Crippen molar-refractivity contribution in [1.82, 2.24) is 9.80 Å². The van der Waals surface area contributed by atoms with Crippen molar-refractivity contribution in [3.8, 4) is 0 Å². The first kappa shape index (κ1) is 17.0. The van der Waals surface area contributed by atoms with Gasteiger partial charge in [-0.15, -0.1) is 0 Å². The molecule has 3 rings (SSSR count). The quantitative estimate of drug-likeness (QED) is 0.800. The molecule has 2 aliphatic rings. The molecule has 0 unspecified atom stereocenters. The summed E-state index contributed by atoms with van der Waals surface area (Å²) in [5.41, 5.74) is 0. The Balaban J connectivity index is 1.46. The van der Waals surface area contributed by atoms with E-state index in [-0.39, 0.29) is 29.2 Å². The second-order valence-corrected chi connectivity index (χ2v) is 8.75. The van der Waals surface area contributed by atoms with E-state index in [1.807, 2.05) is 0 Å². The molecule has 1 aromatic rings. The van der Waals surface area contributed by atoms with Crippen LogP contribution in [0.3, 0.4) is 0 Å². The highest BCUT2D eigenvalue weighted by molar-refractivity contribution is 7.91. The number of carbonyl (C=O) groups is 2. The zero-order valence-electron chi connectivity index (χ0n) is 13.5. The fourth-order valence-corrected chi connectivity index (χ4v) is 4.82. The average Bonchev–Trinajstić information content (AvgIpc) is 3.11. The van der Waals surface area contributed by atoms with Crippen LogP contribution in [0.25, 0.3) is 0 Å². The number of amides is 2. The summed E-state index contributed by atoms with van der Waals surface area (Å²) in [4.78, 5) is 28.0. The molecule has 3 heterocycles. The molecule has 0 saturated carbocycles. The van der Waals surface area contributed by atoms with Gasteiger partial charge in [0.2, 0.25) is 5.91 Å². The van der Waals surface area contributed by atoms with Crippen LogP contribution in [-0.4, -0.2) is 67.7 Å². The normalized spacial score (nSPS) is 21.7. The minimum Gasteiger partial charge on any atom is -0.459 e. The van der Waals surface area contributed by atoms with Gasteiger partial charge in [-0.05, 0) is 30.9 Å². The first-order chi connectivity index (χ1) is 11.4. The summed E-state index contributed by atoms with van der Waals surface area (Å²) < 4.78 is 28.0. The molecule has 0 spiro atoms. The fourth-order valence-electron chi connectivity index (χ4n) is 3.23. The molecule has 24 heavy (non-hydrogen) atoms. The summed E-state index contributed by atoms with van der Waals surface area (Å²) >= 11 is 0. The minimum atomic E-state index is -2.89. The van der Waals surface area contributed by atoms with Gasteiger partial charge < -0.3 is 14.2 Å². The van der Waals surface area contributed by atoms with Gasteiger partial charge in [0, 0.05) is 32.6 Å². The van der Waals surface area contributed by atoms with Crippen molar-refractivity contribution < 1.29 is 22.4 Å². The number of piperazine rings is 1. The lowest BCUT2D eigenvalue weighted by Gasteiger charge is -2.35. The predicted molar refractivity (Wildman–Crippen MR) is 87.2 cm³/mol. The van der Waals surface area contributed by atoms with Crippen LogP contribution in [0.2, 0.25) is 0 Å². The second-order valence-electron chi connectivity index (χ2n) is 6.45. The maximum atomic E-state index is 12.4. The third-order valence-electron chi connectivity index (χ3n) is 4.79. The van der Waals surface area contributed by atoms with E-state index in [0.717, 1.165) is 0 Å². The van der Waals surface area contributed by atoms with Gasteiger partial charge in [0.25, 0.3) is 5.91 Å². The second kappa shape index (κ2) is 6.96. The van der Waals surface area contributed by atoms with Crippen LogP contribution in [0.1, 0.15) is 29.8 Å². The number of hydrogen-bond acceptors (Lipinski definition) is 5. The number of nitrogens with zero attached hydrogens (tertiary/aromatic N) is 2. The molecular formula is C16H22N2O5S. The Morgan fingerprint density at radius 1 is 1.08 bits per heavy atom. The minimum absolute atomic E-state index is 0.0596. The van der Waals surface area contributed by atoms with Crippen molar-refractivity contribution in [3.63, 3.8) is 0 Å². The fraction of sp³-hybridized carbons (Fsp3) is 0.625. The number of rotatable bonds is 3. The SMILES string of the molecule is O=C(CC1CCS(=O)(=O)CC1)N1CCN(C(=O)c2ccco2)CC1. The van der Waals surface area contributed by atoms with Gasteiger partial charge in [-0.3, -0.25) is 9.59 Å². The summed E-state index contributed by atoms with van der Waals surface area (Å²) in [6, 6.07) is 3.31. The number of sulfone groups is 1. The summed E-state index contributed by atoms with van der Waals surface area (Å²) in [6.07, 6.45) is 3.02. The Bertz CT molecular complexity index is 676. The zero-order chi connectivity index (χ0) is 17.2. The molecular weight excluding hydrogens is 332 g/mol. The van der Waals surface area contributed by atoms with Gasteiger partial charge in [0.1, 0.15) is 9.84 Å². The van der Waals surface area contributed by atoms with E-state index in [9.17, 15) is 18.0 Å². The molecule has 0 atom stereocenters. The molecule has 132 valence electrons. The Kier molecular flexibility index (Phi) is 4.93. The van der Waals surface area contributed by atoms with Crippen LogP contribution in [0.5, 0.6) is 0 Å². The van der Waals surface area contributed by atoms with E-state index in [0.29, 0.717) is 51.2 Å². The summed E-state index contributed by atoms with van der Waals surface area (Å²) in [6.45, 7) is 2.00. The molecule has 2 saturated heterocycles. The molecule has 8 heteroatoms. The first-order valence-electron chi connectivity index (χ1n) is 8.25. The van der Waals surface area contributed by atoms with Gasteiger partial charge >= 0.3 is 0 Å². The lowest BCUT2D eigenvalue weighted by Crippen LogP contribution is -2.50. The third kappa shape index (κ3) is 3.98. The molecule has 2 amide bonds. The molecule has 0 radical (unpaired) electrons. The summed E-state index contributed by atoms with van der Waals surface area (Å²) in [7, 11) is -2.89. The van der Waals surface area contributed by atoms with Gasteiger partial charge in [-0.2, -0.15) is 0 Å². The molecule has 7 nitrogen and oxygen atoms in total. The highest BCUT2D eigenvalue weighted by Crippen LogP contribution is 2.23. The predicted octanol–water partition coefficient (Wildman–Crippen LogP) is 0.779. The van der Waals surface area contributed by atoms with E-state index in [2.05, 4.69) is 0 Å². The Morgan fingerprint density at radius 3 is 2.29 bits per heavy atom. The average molecular weight is 354 g/mol. The van der Waals surface area contributed by atoms with Crippen LogP contribution in [0.4, 0.5) is 0 Å². The number of hydrogen-bond donors (Lipinski definition) is 0. The van der Waals surface area contributed by atoms with Gasteiger partial charge in [-0.1, -0.05) is 0 Å². The standard InChI is InChI=1S/C16H22N2O5S/c19-15(12-13-3-10-24(21,22)11-4-13)17-5-7-18(8-6-17)16(20)14-2-1-9-23-14/h1-2,9,13H,3-8,10-12H2. The van der Waals surface area contributed by atoms with Crippen LogP contribution < -0.4 is 0 Å². The van der Waals surface area contributed by atoms with Gasteiger partial charge in [0.05, 0.1) is 17.8 Å². The van der Waals surface area contributed by atoms with Crippen molar-refractivity contribution in [1.29, 1.82) is 0 Å². The Hall–Kier alpha value is -1.83. The maximum Gasteiger partial charge on any atom is 0.289 e. The van der Waals surface area contributed by atoms with Crippen molar-refractivity contribution in [2.45, 2.75) is 19.3 Å². The maximum absolute atomic E-state index is 12.4. The van der Waals surface area contributed by atoms with E-state index < -0.39 is 9.84 Å². The van der Waals surface area contributed by atoms with Gasteiger partial charge in [0.15, 0.2) is 5.76 Å². The smallest absolute Gasteiger partial charge is 0.289 e. The molecule has 0 aromatic carbocycles. The highest BCUT2D eigenvalue weighted by Gasteiger charge is 2.29. The molecule has 1 aromatic heterocycles. The van der Waals surface area contributed by atoms with Crippen LogP contribution in [-0.2, 0) is 14.6 Å². The number of carbonyl (C=O) groups excluding carboxylic acids is 2. The van der Waals surface area contributed by atoms with Crippen molar-refractivity contribution in [2.24, 2.45) is 5.92 Å². The molecule has 2 fully saturated rings.